The zero-order chi connectivity index (χ0) is 20.1. The first-order valence-corrected chi connectivity index (χ1v) is 11.2. The Morgan fingerprint density at radius 1 is 1.17 bits per heavy atom. The van der Waals surface area contributed by atoms with Crippen molar-refractivity contribution in [3.8, 4) is 0 Å². The van der Waals surface area contributed by atoms with Crippen LogP contribution >= 0.6 is 11.8 Å². The number of fused-ring (bicyclic) bond motifs is 1. The van der Waals surface area contributed by atoms with Gasteiger partial charge in [-0.3, -0.25) is 4.79 Å². The summed E-state index contributed by atoms with van der Waals surface area (Å²) in [6.45, 7) is 5.28. The van der Waals surface area contributed by atoms with E-state index >= 15 is 0 Å². The van der Waals surface area contributed by atoms with E-state index in [0.717, 1.165) is 47.3 Å². The summed E-state index contributed by atoms with van der Waals surface area (Å²) in [5.74, 6) is 1.91. The fraction of sp³-hybridized carbons (Fsp3) is 0.429. The number of anilines is 1. The van der Waals surface area contributed by atoms with Gasteiger partial charge in [0, 0.05) is 31.0 Å². The van der Waals surface area contributed by atoms with E-state index in [1.165, 1.54) is 12.8 Å². The van der Waals surface area contributed by atoms with Crippen molar-refractivity contribution in [2.45, 2.75) is 37.9 Å². The number of benzene rings is 1. The molecule has 1 saturated heterocycles. The molecule has 0 aliphatic carbocycles. The lowest BCUT2D eigenvalue weighted by Gasteiger charge is -2.18. The van der Waals surface area contributed by atoms with E-state index in [2.05, 4.69) is 22.2 Å². The number of thioether (sulfide) groups is 1. The van der Waals surface area contributed by atoms with Gasteiger partial charge in [-0.2, -0.15) is 5.10 Å². The van der Waals surface area contributed by atoms with Crippen molar-refractivity contribution >= 4 is 34.5 Å². The molecule has 7 nitrogen and oxygen atoms in total. The summed E-state index contributed by atoms with van der Waals surface area (Å²) in [5.41, 5.74) is 1.50. The van der Waals surface area contributed by atoms with Crippen molar-refractivity contribution in [3.63, 3.8) is 0 Å². The molecule has 8 heteroatoms. The van der Waals surface area contributed by atoms with Gasteiger partial charge in [0.05, 0.1) is 18.1 Å². The summed E-state index contributed by atoms with van der Waals surface area (Å²) in [5, 5.41) is 9.30. The Bertz CT molecular complexity index is 968. The van der Waals surface area contributed by atoms with Gasteiger partial charge in [-0.25, -0.2) is 14.6 Å². The lowest BCUT2D eigenvalue weighted by Crippen LogP contribution is -2.27. The number of nitrogens with one attached hydrogen (secondary N) is 1. The van der Waals surface area contributed by atoms with Crippen molar-refractivity contribution < 1.29 is 4.79 Å². The minimum Gasteiger partial charge on any atom is -0.356 e. The second kappa shape index (κ2) is 9.26. The number of hydrogen-bond acceptors (Lipinski definition) is 6. The molecule has 3 aromatic rings. The van der Waals surface area contributed by atoms with Gasteiger partial charge in [0.1, 0.15) is 5.82 Å². The fourth-order valence-corrected chi connectivity index (χ4v) is 4.17. The van der Waals surface area contributed by atoms with Crippen LogP contribution in [-0.4, -0.2) is 51.0 Å². The molecule has 0 saturated carbocycles. The van der Waals surface area contributed by atoms with Crippen LogP contribution in [-0.2, 0) is 6.54 Å². The van der Waals surface area contributed by atoms with E-state index < -0.39 is 0 Å². The third kappa shape index (κ3) is 4.53. The molecule has 2 aromatic heterocycles. The van der Waals surface area contributed by atoms with E-state index in [1.807, 2.05) is 41.2 Å². The highest BCUT2D eigenvalue weighted by Gasteiger charge is 2.20. The van der Waals surface area contributed by atoms with Crippen LogP contribution < -0.4 is 10.2 Å². The number of nitrogens with zero attached hydrogens (tertiary/aromatic N) is 5. The fourth-order valence-electron chi connectivity index (χ4n) is 3.48. The van der Waals surface area contributed by atoms with Crippen LogP contribution in [0.1, 0.15) is 36.5 Å². The third-order valence-electron chi connectivity index (χ3n) is 4.94. The number of rotatable bonds is 8. The van der Waals surface area contributed by atoms with Crippen LogP contribution in [0.4, 0.5) is 5.82 Å². The van der Waals surface area contributed by atoms with E-state index in [-0.39, 0.29) is 5.91 Å². The SMILES string of the molecule is CCCSc1nc(N2CCCC2)c2cnn(CCNC(=O)c3ccccc3)c2n1. The average Bonchev–Trinajstić information content (AvgIpc) is 3.43. The number of aromatic nitrogens is 4. The third-order valence-corrected chi connectivity index (χ3v) is 5.99. The van der Waals surface area contributed by atoms with Crippen molar-refractivity contribution in [1.29, 1.82) is 0 Å². The smallest absolute Gasteiger partial charge is 0.251 e. The number of carbonyl (C=O) groups excluding carboxylic acids is 1. The standard InChI is InChI=1S/C21H26N6OS/c1-2-14-29-21-24-18(26-11-6-7-12-26)17-15-23-27(19(17)25-21)13-10-22-20(28)16-8-4-3-5-9-16/h3-5,8-9,15H,2,6-7,10-14H2,1H3,(H,22,28). The molecule has 0 unspecified atom stereocenters. The van der Waals surface area contributed by atoms with Gasteiger partial charge >= 0.3 is 0 Å². The van der Waals surface area contributed by atoms with Crippen LogP contribution in [0.3, 0.4) is 0 Å². The van der Waals surface area contributed by atoms with Gasteiger partial charge in [-0.15, -0.1) is 0 Å². The second-order valence-electron chi connectivity index (χ2n) is 7.10. The summed E-state index contributed by atoms with van der Waals surface area (Å²) in [6.07, 6.45) is 5.33. The van der Waals surface area contributed by atoms with E-state index in [0.29, 0.717) is 18.7 Å². The Kier molecular flexibility index (Phi) is 6.29. The first-order chi connectivity index (χ1) is 14.3. The lowest BCUT2D eigenvalue weighted by molar-refractivity contribution is 0.0952. The van der Waals surface area contributed by atoms with Crippen molar-refractivity contribution in [2.75, 3.05) is 30.3 Å². The Morgan fingerprint density at radius 2 is 1.97 bits per heavy atom. The Hall–Kier alpha value is -2.61. The molecule has 1 aromatic carbocycles. The molecule has 4 rings (SSSR count). The number of carbonyl (C=O) groups is 1. The first-order valence-electron chi connectivity index (χ1n) is 10.2. The lowest BCUT2D eigenvalue weighted by atomic mass is 10.2. The Balaban J connectivity index is 1.53. The Morgan fingerprint density at radius 3 is 2.72 bits per heavy atom. The van der Waals surface area contributed by atoms with Crippen LogP contribution in [0.2, 0.25) is 0 Å². The highest BCUT2D eigenvalue weighted by Crippen LogP contribution is 2.29. The molecular weight excluding hydrogens is 384 g/mol. The monoisotopic (exact) mass is 410 g/mol. The van der Waals surface area contributed by atoms with Crippen molar-refractivity contribution in [1.82, 2.24) is 25.1 Å². The largest absolute Gasteiger partial charge is 0.356 e. The molecule has 0 bridgehead atoms. The average molecular weight is 411 g/mol. The summed E-state index contributed by atoms with van der Waals surface area (Å²) in [6, 6.07) is 9.25. The van der Waals surface area contributed by atoms with Crippen molar-refractivity contribution in [2.24, 2.45) is 0 Å². The Labute approximate surface area is 174 Å². The van der Waals surface area contributed by atoms with Crippen LogP contribution in [0.15, 0.2) is 41.7 Å². The highest BCUT2D eigenvalue weighted by molar-refractivity contribution is 7.99. The maximum atomic E-state index is 12.3. The molecule has 29 heavy (non-hydrogen) atoms. The van der Waals surface area contributed by atoms with Crippen LogP contribution in [0.25, 0.3) is 11.0 Å². The first kappa shape index (κ1) is 19.7. The van der Waals surface area contributed by atoms with E-state index in [9.17, 15) is 4.79 Å². The minimum absolute atomic E-state index is 0.0753. The van der Waals surface area contributed by atoms with Gasteiger partial charge in [-0.1, -0.05) is 36.9 Å². The van der Waals surface area contributed by atoms with Gasteiger partial charge in [0.2, 0.25) is 0 Å². The molecule has 1 aliphatic rings. The summed E-state index contributed by atoms with van der Waals surface area (Å²) >= 11 is 1.69. The molecular formula is C21H26N6OS. The quantitative estimate of drug-likeness (QED) is 0.453. The predicted octanol–water partition coefficient (Wildman–Crippen LogP) is 3.36. The molecule has 0 atom stereocenters. The van der Waals surface area contributed by atoms with E-state index in [1.54, 1.807) is 11.8 Å². The topological polar surface area (TPSA) is 75.9 Å². The summed E-state index contributed by atoms with van der Waals surface area (Å²) in [4.78, 5) is 24.2. The number of amides is 1. The second-order valence-corrected chi connectivity index (χ2v) is 8.16. The molecule has 1 amide bonds. The molecule has 152 valence electrons. The van der Waals surface area contributed by atoms with Crippen LogP contribution in [0.5, 0.6) is 0 Å². The molecule has 1 N–H and O–H groups in total. The van der Waals surface area contributed by atoms with Crippen LogP contribution in [0, 0.1) is 0 Å². The van der Waals surface area contributed by atoms with Gasteiger partial charge < -0.3 is 10.2 Å². The zero-order valence-electron chi connectivity index (χ0n) is 16.7. The molecule has 1 fully saturated rings. The predicted molar refractivity (Wildman–Crippen MR) is 117 cm³/mol. The normalized spacial score (nSPS) is 13.9. The molecule has 1 aliphatic heterocycles. The molecule has 0 spiro atoms. The number of hydrogen-bond donors (Lipinski definition) is 1. The summed E-state index contributed by atoms with van der Waals surface area (Å²) < 4.78 is 1.87. The van der Waals surface area contributed by atoms with Crippen molar-refractivity contribution in [3.05, 3.63) is 42.1 Å². The van der Waals surface area contributed by atoms with Gasteiger partial charge in [0.15, 0.2) is 10.8 Å². The van der Waals surface area contributed by atoms with Gasteiger partial charge in [0.25, 0.3) is 5.91 Å². The van der Waals surface area contributed by atoms with E-state index in [4.69, 9.17) is 9.97 Å². The maximum Gasteiger partial charge on any atom is 0.251 e. The minimum atomic E-state index is -0.0753. The highest BCUT2D eigenvalue weighted by atomic mass is 32.2. The zero-order valence-corrected chi connectivity index (χ0v) is 17.5. The summed E-state index contributed by atoms with van der Waals surface area (Å²) in [7, 11) is 0. The molecule has 0 radical (unpaired) electrons. The molecule has 3 heterocycles. The van der Waals surface area contributed by atoms with Gasteiger partial charge in [-0.05, 0) is 31.4 Å². The maximum absolute atomic E-state index is 12.3.